The van der Waals surface area contributed by atoms with Gasteiger partial charge in [-0.2, -0.15) is 13.2 Å². The van der Waals surface area contributed by atoms with Crippen LogP contribution in [0.15, 0.2) is 18.2 Å². The van der Waals surface area contributed by atoms with E-state index in [0.29, 0.717) is 0 Å². The van der Waals surface area contributed by atoms with Crippen LogP contribution in [0.1, 0.15) is 12.5 Å². The Morgan fingerprint density at radius 1 is 1.44 bits per heavy atom. The zero-order chi connectivity index (χ0) is 12.3. The van der Waals surface area contributed by atoms with E-state index in [-0.39, 0.29) is 17.9 Å². The van der Waals surface area contributed by atoms with E-state index >= 15 is 0 Å². The fourth-order valence-corrected chi connectivity index (χ4v) is 1.21. The molecule has 0 aliphatic heterocycles. The van der Waals surface area contributed by atoms with Gasteiger partial charge >= 0.3 is 6.18 Å². The average Bonchev–Trinajstić information content (AvgIpc) is 2.14. The molecule has 0 aliphatic carbocycles. The molecule has 0 amide bonds. The standard InChI is InChI=1S/C10H13F3N2O/c1-6(16)5-15-9-3-2-7(14)4-8(9)10(11,12)13/h2-4,6,15-16H,5,14H2,1H3/t6-/m0/s1. The summed E-state index contributed by atoms with van der Waals surface area (Å²) in [7, 11) is 0. The number of halogens is 3. The number of aliphatic hydroxyl groups is 1. The average molecular weight is 234 g/mol. The molecule has 90 valence electrons. The molecule has 3 nitrogen and oxygen atoms in total. The first-order valence-corrected chi connectivity index (χ1v) is 4.69. The van der Waals surface area contributed by atoms with Gasteiger partial charge in [0, 0.05) is 17.9 Å². The Labute approximate surface area is 91.1 Å². The summed E-state index contributed by atoms with van der Waals surface area (Å²) in [4.78, 5) is 0. The van der Waals surface area contributed by atoms with Crippen LogP contribution in [0.2, 0.25) is 0 Å². The van der Waals surface area contributed by atoms with E-state index in [1.807, 2.05) is 0 Å². The van der Waals surface area contributed by atoms with Gasteiger partial charge < -0.3 is 16.2 Å². The van der Waals surface area contributed by atoms with Gasteiger partial charge in [0.15, 0.2) is 0 Å². The summed E-state index contributed by atoms with van der Waals surface area (Å²) in [6.07, 6.45) is -5.19. The van der Waals surface area contributed by atoms with Crippen molar-refractivity contribution < 1.29 is 18.3 Å². The third kappa shape index (κ3) is 3.30. The Morgan fingerprint density at radius 2 is 2.06 bits per heavy atom. The van der Waals surface area contributed by atoms with Gasteiger partial charge in [-0.05, 0) is 25.1 Å². The van der Waals surface area contributed by atoms with Crippen LogP contribution in [0.5, 0.6) is 0 Å². The van der Waals surface area contributed by atoms with Crippen molar-refractivity contribution in [2.24, 2.45) is 0 Å². The summed E-state index contributed by atoms with van der Waals surface area (Å²) < 4.78 is 37.8. The van der Waals surface area contributed by atoms with Gasteiger partial charge in [-0.25, -0.2) is 0 Å². The molecule has 1 rings (SSSR count). The Kier molecular flexibility index (Phi) is 3.64. The van der Waals surface area contributed by atoms with Crippen LogP contribution in [0.3, 0.4) is 0 Å². The zero-order valence-corrected chi connectivity index (χ0v) is 8.67. The molecule has 0 unspecified atom stereocenters. The van der Waals surface area contributed by atoms with Crippen LogP contribution in [0, 0.1) is 0 Å². The van der Waals surface area contributed by atoms with Gasteiger partial charge in [0.1, 0.15) is 0 Å². The summed E-state index contributed by atoms with van der Waals surface area (Å²) in [5, 5.41) is 11.5. The third-order valence-corrected chi connectivity index (χ3v) is 1.94. The zero-order valence-electron chi connectivity index (χ0n) is 8.67. The van der Waals surface area contributed by atoms with Gasteiger partial charge in [-0.1, -0.05) is 0 Å². The molecule has 0 bridgehead atoms. The largest absolute Gasteiger partial charge is 0.418 e. The number of nitrogens with one attached hydrogen (secondary N) is 1. The molecular weight excluding hydrogens is 221 g/mol. The van der Waals surface area contributed by atoms with Crippen LogP contribution in [0.25, 0.3) is 0 Å². The topological polar surface area (TPSA) is 58.3 Å². The molecule has 0 radical (unpaired) electrons. The molecular formula is C10H13F3N2O. The fraction of sp³-hybridized carbons (Fsp3) is 0.400. The minimum Gasteiger partial charge on any atom is -0.399 e. The Morgan fingerprint density at radius 3 is 2.56 bits per heavy atom. The molecule has 16 heavy (non-hydrogen) atoms. The molecule has 0 fully saturated rings. The smallest absolute Gasteiger partial charge is 0.399 e. The van der Waals surface area contributed by atoms with Crippen LogP contribution >= 0.6 is 0 Å². The fourth-order valence-electron chi connectivity index (χ4n) is 1.21. The van der Waals surface area contributed by atoms with E-state index in [4.69, 9.17) is 10.8 Å². The lowest BCUT2D eigenvalue weighted by Crippen LogP contribution is -2.18. The van der Waals surface area contributed by atoms with Crippen molar-refractivity contribution in [3.05, 3.63) is 23.8 Å². The van der Waals surface area contributed by atoms with Crippen molar-refractivity contribution in [1.82, 2.24) is 0 Å². The summed E-state index contributed by atoms with van der Waals surface area (Å²) in [5.41, 5.74) is 4.45. The highest BCUT2D eigenvalue weighted by Crippen LogP contribution is 2.35. The second kappa shape index (κ2) is 4.61. The molecule has 6 heteroatoms. The molecule has 0 saturated carbocycles. The SMILES string of the molecule is C[C@H](O)CNc1ccc(N)cc1C(F)(F)F. The maximum atomic E-state index is 12.6. The predicted molar refractivity (Wildman–Crippen MR) is 56.0 cm³/mol. The van der Waals surface area contributed by atoms with E-state index in [1.165, 1.54) is 19.1 Å². The van der Waals surface area contributed by atoms with Gasteiger partial charge in [0.2, 0.25) is 0 Å². The normalized spacial score (nSPS) is 13.6. The van der Waals surface area contributed by atoms with Crippen molar-refractivity contribution in [1.29, 1.82) is 0 Å². The number of anilines is 2. The second-order valence-corrected chi connectivity index (χ2v) is 3.53. The van der Waals surface area contributed by atoms with E-state index in [2.05, 4.69) is 5.32 Å². The second-order valence-electron chi connectivity index (χ2n) is 3.53. The molecule has 0 aromatic heterocycles. The predicted octanol–water partition coefficient (Wildman–Crippen LogP) is 2.08. The van der Waals surface area contributed by atoms with E-state index < -0.39 is 17.8 Å². The van der Waals surface area contributed by atoms with Gasteiger partial charge in [0.25, 0.3) is 0 Å². The number of nitrogens with two attached hydrogens (primary N) is 1. The summed E-state index contributed by atoms with van der Waals surface area (Å²) in [6, 6.07) is 3.49. The summed E-state index contributed by atoms with van der Waals surface area (Å²) in [6.45, 7) is 1.53. The first kappa shape index (κ1) is 12.6. The number of rotatable bonds is 3. The molecule has 1 aromatic rings. The van der Waals surface area contributed by atoms with Crippen LogP contribution in [-0.2, 0) is 6.18 Å². The number of benzene rings is 1. The highest BCUT2D eigenvalue weighted by Gasteiger charge is 2.33. The maximum absolute atomic E-state index is 12.6. The minimum absolute atomic E-state index is 0.0486. The van der Waals surface area contributed by atoms with Crippen LogP contribution in [-0.4, -0.2) is 17.8 Å². The Bertz CT molecular complexity index is 364. The number of hydrogen-bond donors (Lipinski definition) is 3. The van der Waals surface area contributed by atoms with E-state index in [9.17, 15) is 13.2 Å². The lowest BCUT2D eigenvalue weighted by atomic mass is 10.1. The van der Waals surface area contributed by atoms with Crippen molar-refractivity contribution in [2.45, 2.75) is 19.2 Å². The van der Waals surface area contributed by atoms with E-state index in [1.54, 1.807) is 0 Å². The Hall–Kier alpha value is -1.43. The van der Waals surface area contributed by atoms with Crippen molar-refractivity contribution in [3.8, 4) is 0 Å². The van der Waals surface area contributed by atoms with Gasteiger partial charge in [-0.15, -0.1) is 0 Å². The Balaban J connectivity index is 2.99. The third-order valence-electron chi connectivity index (χ3n) is 1.94. The minimum atomic E-state index is -4.46. The number of alkyl halides is 3. The van der Waals surface area contributed by atoms with Gasteiger partial charge in [0.05, 0.1) is 11.7 Å². The van der Waals surface area contributed by atoms with E-state index in [0.717, 1.165) is 6.07 Å². The lowest BCUT2D eigenvalue weighted by Gasteiger charge is -2.15. The maximum Gasteiger partial charge on any atom is 0.418 e. The number of hydrogen-bond acceptors (Lipinski definition) is 3. The first-order chi connectivity index (χ1) is 7.30. The number of aliphatic hydroxyl groups excluding tert-OH is 1. The van der Waals surface area contributed by atoms with Crippen molar-refractivity contribution in [2.75, 3.05) is 17.6 Å². The monoisotopic (exact) mass is 234 g/mol. The van der Waals surface area contributed by atoms with Crippen LogP contribution < -0.4 is 11.1 Å². The number of nitrogen functional groups attached to an aromatic ring is 1. The summed E-state index contributed by atoms with van der Waals surface area (Å²) in [5.74, 6) is 0. The molecule has 1 atom stereocenters. The molecule has 0 spiro atoms. The highest BCUT2D eigenvalue weighted by atomic mass is 19.4. The summed E-state index contributed by atoms with van der Waals surface area (Å²) >= 11 is 0. The van der Waals surface area contributed by atoms with Crippen LogP contribution in [0.4, 0.5) is 24.5 Å². The first-order valence-electron chi connectivity index (χ1n) is 4.69. The molecule has 0 heterocycles. The van der Waals surface area contributed by atoms with Crippen molar-refractivity contribution in [3.63, 3.8) is 0 Å². The molecule has 4 N–H and O–H groups in total. The highest BCUT2D eigenvalue weighted by molar-refractivity contribution is 5.59. The molecule has 0 saturated heterocycles. The van der Waals surface area contributed by atoms with Crippen molar-refractivity contribution >= 4 is 11.4 Å². The molecule has 1 aromatic carbocycles. The quantitative estimate of drug-likeness (QED) is 0.702. The lowest BCUT2D eigenvalue weighted by molar-refractivity contribution is -0.136. The van der Waals surface area contributed by atoms with Gasteiger partial charge in [-0.3, -0.25) is 0 Å². The molecule has 0 aliphatic rings.